The van der Waals surface area contributed by atoms with Gasteiger partial charge in [-0.25, -0.2) is 0 Å². The lowest BCUT2D eigenvalue weighted by molar-refractivity contribution is -0.147. The van der Waals surface area contributed by atoms with Gasteiger partial charge in [0.25, 0.3) is 0 Å². The summed E-state index contributed by atoms with van der Waals surface area (Å²) >= 11 is 5.92. The van der Waals surface area contributed by atoms with E-state index in [4.69, 9.17) is 21.1 Å². The number of carbonyl (C=O) groups excluding carboxylic acids is 1. The van der Waals surface area contributed by atoms with Gasteiger partial charge in [0.15, 0.2) is 0 Å². The average molecular weight is 467 g/mol. The first-order chi connectivity index (χ1) is 15.3. The van der Waals surface area contributed by atoms with Crippen molar-refractivity contribution in [1.82, 2.24) is 0 Å². The molecule has 0 aromatic heterocycles. The zero-order valence-corrected chi connectivity index (χ0v) is 19.5. The van der Waals surface area contributed by atoms with E-state index in [2.05, 4.69) is 0 Å². The summed E-state index contributed by atoms with van der Waals surface area (Å²) in [5.41, 5.74) is 0. The summed E-state index contributed by atoms with van der Waals surface area (Å²) in [6, 6.07) is 6.94. The number of benzene rings is 1. The van der Waals surface area contributed by atoms with E-state index >= 15 is 0 Å². The largest absolute Gasteiger partial charge is 0.491 e. The first-order valence-electron chi connectivity index (χ1n) is 11.2. The van der Waals surface area contributed by atoms with E-state index in [0.717, 1.165) is 6.42 Å². The Balaban J connectivity index is 1.78. The molecule has 1 aliphatic carbocycles. The van der Waals surface area contributed by atoms with Gasteiger partial charge in [-0.15, -0.1) is 0 Å². The molecule has 7 heteroatoms. The molecule has 5 atom stereocenters. The molecule has 178 valence electrons. The van der Waals surface area contributed by atoms with Crippen molar-refractivity contribution in [3.8, 4) is 5.75 Å². The van der Waals surface area contributed by atoms with Crippen molar-refractivity contribution in [2.24, 2.45) is 11.8 Å². The second-order valence-corrected chi connectivity index (χ2v) is 8.91. The highest BCUT2D eigenvalue weighted by atomic mass is 35.5. The van der Waals surface area contributed by atoms with Gasteiger partial charge in [0, 0.05) is 23.8 Å². The predicted octanol–water partition coefficient (Wildman–Crippen LogP) is 4.06. The van der Waals surface area contributed by atoms with E-state index in [0.29, 0.717) is 36.5 Å². The summed E-state index contributed by atoms with van der Waals surface area (Å²) in [6.07, 6.45) is 7.90. The highest BCUT2D eigenvalue weighted by Gasteiger charge is 2.39. The van der Waals surface area contributed by atoms with E-state index in [1.165, 1.54) is 0 Å². The van der Waals surface area contributed by atoms with Crippen LogP contribution in [0.25, 0.3) is 0 Å². The summed E-state index contributed by atoms with van der Waals surface area (Å²) in [5.74, 6) is -0.00598. The Morgan fingerprint density at radius 3 is 2.75 bits per heavy atom. The molecule has 0 spiro atoms. The van der Waals surface area contributed by atoms with Crippen LogP contribution in [-0.2, 0) is 9.53 Å². The van der Waals surface area contributed by atoms with Crippen molar-refractivity contribution >= 4 is 17.6 Å². The highest BCUT2D eigenvalue weighted by Crippen LogP contribution is 2.36. The van der Waals surface area contributed by atoms with Crippen molar-refractivity contribution in [3.63, 3.8) is 0 Å². The lowest BCUT2D eigenvalue weighted by Gasteiger charge is -2.19. The summed E-state index contributed by atoms with van der Waals surface area (Å²) in [4.78, 5) is 11.5. The number of rotatable bonds is 12. The summed E-state index contributed by atoms with van der Waals surface area (Å²) in [5, 5.41) is 31.5. The number of esters is 1. The average Bonchev–Trinajstić information content (AvgIpc) is 2.99. The zero-order chi connectivity index (χ0) is 23.5. The van der Waals surface area contributed by atoms with Crippen molar-refractivity contribution < 1.29 is 29.6 Å². The molecule has 0 saturated heterocycles. The van der Waals surface area contributed by atoms with Crippen LogP contribution in [0.5, 0.6) is 5.75 Å². The van der Waals surface area contributed by atoms with Gasteiger partial charge >= 0.3 is 5.97 Å². The van der Waals surface area contributed by atoms with Gasteiger partial charge in [0.1, 0.15) is 18.5 Å². The Labute approximate surface area is 195 Å². The van der Waals surface area contributed by atoms with Gasteiger partial charge in [0.2, 0.25) is 0 Å². The van der Waals surface area contributed by atoms with Gasteiger partial charge in [-0.05, 0) is 57.2 Å². The quantitative estimate of drug-likeness (QED) is 0.244. The molecule has 6 nitrogen and oxygen atoms in total. The third-order valence-electron chi connectivity index (χ3n) is 5.38. The SMILES string of the molecule is CC(C)OC(=O)CCC/C=C\C[C@@H]1C(/C=C/[C@@H](O)COc2cccc(Cl)c2)[C@H](O)C[C@@H]1O. The van der Waals surface area contributed by atoms with Crippen LogP contribution in [0.3, 0.4) is 0 Å². The summed E-state index contributed by atoms with van der Waals surface area (Å²) < 4.78 is 10.6. The van der Waals surface area contributed by atoms with Crippen LogP contribution in [0, 0.1) is 11.8 Å². The van der Waals surface area contributed by atoms with Gasteiger partial charge in [-0.1, -0.05) is 42.0 Å². The van der Waals surface area contributed by atoms with Crippen LogP contribution in [0.15, 0.2) is 48.6 Å². The van der Waals surface area contributed by atoms with Crippen LogP contribution in [-0.4, -0.2) is 52.3 Å². The highest BCUT2D eigenvalue weighted by molar-refractivity contribution is 6.30. The topological polar surface area (TPSA) is 96.2 Å². The second-order valence-electron chi connectivity index (χ2n) is 8.47. The van der Waals surface area contributed by atoms with E-state index in [1.54, 1.807) is 36.4 Å². The molecule has 1 aliphatic rings. The minimum Gasteiger partial charge on any atom is -0.491 e. The number of aliphatic hydroxyl groups is 3. The third kappa shape index (κ3) is 9.33. The molecule has 0 amide bonds. The number of allylic oxidation sites excluding steroid dienone is 2. The maximum atomic E-state index is 11.5. The van der Waals surface area contributed by atoms with Crippen LogP contribution in [0.2, 0.25) is 5.02 Å². The number of hydrogen-bond acceptors (Lipinski definition) is 6. The Hall–Kier alpha value is -1.86. The van der Waals surface area contributed by atoms with E-state index < -0.39 is 18.3 Å². The first kappa shape index (κ1) is 26.4. The molecule has 1 aromatic rings. The fraction of sp³-hybridized carbons (Fsp3) is 0.560. The Bertz CT molecular complexity index is 763. The van der Waals surface area contributed by atoms with Crippen LogP contribution in [0.1, 0.15) is 46.0 Å². The molecular formula is C25H35ClO6. The minimum absolute atomic E-state index is 0.0615. The first-order valence-corrected chi connectivity index (χ1v) is 11.6. The Morgan fingerprint density at radius 2 is 2.03 bits per heavy atom. The number of halogens is 1. The zero-order valence-electron chi connectivity index (χ0n) is 18.8. The monoisotopic (exact) mass is 466 g/mol. The van der Waals surface area contributed by atoms with Crippen LogP contribution < -0.4 is 4.74 Å². The van der Waals surface area contributed by atoms with Crippen molar-refractivity contribution in [3.05, 3.63) is 53.6 Å². The molecule has 3 N–H and O–H groups in total. The Kier molecular flexibility index (Phi) is 11.2. The molecule has 32 heavy (non-hydrogen) atoms. The molecule has 0 bridgehead atoms. The summed E-state index contributed by atoms with van der Waals surface area (Å²) in [6.45, 7) is 3.72. The number of ether oxygens (including phenoxy) is 2. The van der Waals surface area contributed by atoms with E-state index in [-0.39, 0.29) is 30.5 Å². The van der Waals surface area contributed by atoms with Gasteiger partial charge in [-0.2, -0.15) is 0 Å². The van der Waals surface area contributed by atoms with Crippen molar-refractivity contribution in [2.75, 3.05) is 6.61 Å². The maximum absolute atomic E-state index is 11.5. The minimum atomic E-state index is -0.847. The van der Waals surface area contributed by atoms with Crippen molar-refractivity contribution in [2.45, 2.75) is 70.4 Å². The standard InChI is InChI=1S/C25H35ClO6/c1-17(2)32-25(30)11-6-4-3-5-10-21-22(24(29)15-23(21)28)13-12-19(27)16-31-20-9-7-8-18(26)14-20/h3,5,7-9,12-14,17,19,21-24,27-29H,4,6,10-11,15-16H2,1-2H3/b5-3-,13-12+/t19-,21-,22?,23+,24-/m1/s1. The smallest absolute Gasteiger partial charge is 0.306 e. The number of carbonyl (C=O) groups is 1. The van der Waals surface area contributed by atoms with E-state index in [9.17, 15) is 20.1 Å². The molecule has 0 heterocycles. The van der Waals surface area contributed by atoms with Crippen LogP contribution in [0.4, 0.5) is 0 Å². The molecule has 1 fully saturated rings. The van der Waals surface area contributed by atoms with Gasteiger partial charge < -0.3 is 24.8 Å². The second kappa shape index (κ2) is 13.6. The molecule has 0 radical (unpaired) electrons. The van der Waals surface area contributed by atoms with Gasteiger partial charge in [-0.3, -0.25) is 4.79 Å². The van der Waals surface area contributed by atoms with Crippen LogP contribution >= 0.6 is 11.6 Å². The molecular weight excluding hydrogens is 432 g/mol. The normalized spacial score (nSPS) is 24.5. The molecule has 1 unspecified atom stereocenters. The third-order valence-corrected chi connectivity index (χ3v) is 5.62. The molecule has 0 aliphatic heterocycles. The number of aliphatic hydroxyl groups excluding tert-OH is 3. The Morgan fingerprint density at radius 1 is 1.25 bits per heavy atom. The fourth-order valence-electron chi connectivity index (χ4n) is 3.81. The van der Waals surface area contributed by atoms with E-state index in [1.807, 2.05) is 26.0 Å². The lowest BCUT2D eigenvalue weighted by Crippen LogP contribution is -2.21. The molecule has 1 aromatic carbocycles. The van der Waals surface area contributed by atoms with Crippen molar-refractivity contribution in [1.29, 1.82) is 0 Å². The predicted molar refractivity (Wildman–Crippen MR) is 125 cm³/mol. The molecule has 1 saturated carbocycles. The number of hydrogen-bond donors (Lipinski definition) is 3. The molecule has 2 rings (SSSR count). The van der Waals surface area contributed by atoms with Gasteiger partial charge in [0.05, 0.1) is 18.3 Å². The number of unbranched alkanes of at least 4 members (excludes halogenated alkanes) is 1. The summed E-state index contributed by atoms with van der Waals surface area (Å²) in [7, 11) is 0. The fourth-order valence-corrected chi connectivity index (χ4v) is 3.99. The lowest BCUT2D eigenvalue weighted by atomic mass is 9.89. The maximum Gasteiger partial charge on any atom is 0.306 e.